The fourth-order valence-corrected chi connectivity index (χ4v) is 2.15. The molecule has 0 saturated carbocycles. The Labute approximate surface area is 115 Å². The summed E-state index contributed by atoms with van der Waals surface area (Å²) in [6, 6.07) is 5.05. The Morgan fingerprint density at radius 3 is 2.35 bits per heavy atom. The molecule has 20 heavy (non-hydrogen) atoms. The van der Waals surface area contributed by atoms with Gasteiger partial charge in [0.2, 0.25) is 0 Å². The van der Waals surface area contributed by atoms with Crippen LogP contribution in [0.5, 0.6) is 0 Å². The van der Waals surface area contributed by atoms with E-state index in [1.165, 1.54) is 12.1 Å². The summed E-state index contributed by atoms with van der Waals surface area (Å²) in [5.74, 6) is 0.671. The van der Waals surface area contributed by atoms with Gasteiger partial charge in [-0.1, -0.05) is 12.1 Å². The summed E-state index contributed by atoms with van der Waals surface area (Å²) >= 11 is 0. The van der Waals surface area contributed by atoms with Crippen molar-refractivity contribution in [2.24, 2.45) is 5.73 Å². The van der Waals surface area contributed by atoms with Crippen LogP contribution < -0.4 is 5.73 Å². The lowest BCUT2D eigenvalue weighted by molar-refractivity contribution is -0.137. The van der Waals surface area contributed by atoms with Crippen LogP contribution in [-0.4, -0.2) is 16.1 Å². The van der Waals surface area contributed by atoms with Crippen LogP contribution in [0.4, 0.5) is 13.2 Å². The number of hydrogen-bond acceptors (Lipinski definition) is 2. The highest BCUT2D eigenvalue weighted by atomic mass is 19.4. The highest BCUT2D eigenvalue weighted by Crippen LogP contribution is 2.30. The van der Waals surface area contributed by atoms with Crippen molar-refractivity contribution in [2.45, 2.75) is 26.1 Å². The minimum atomic E-state index is -4.32. The van der Waals surface area contributed by atoms with E-state index >= 15 is 0 Å². The lowest BCUT2D eigenvalue weighted by Gasteiger charge is -2.10. The van der Waals surface area contributed by atoms with E-state index in [-0.39, 0.29) is 0 Å². The molecular weight excluding hydrogens is 267 g/mol. The van der Waals surface area contributed by atoms with Crippen LogP contribution in [-0.2, 0) is 19.1 Å². The van der Waals surface area contributed by atoms with Crippen LogP contribution in [0.1, 0.15) is 18.2 Å². The standard InChI is InChI=1S/C14H16F3N3/c1-2-20-12(7-8-18)9-19-13(20)10-3-5-11(6-4-10)14(15,16)17/h3-6,9H,2,7-8,18H2,1H3. The topological polar surface area (TPSA) is 43.8 Å². The zero-order valence-corrected chi connectivity index (χ0v) is 11.1. The van der Waals surface area contributed by atoms with Gasteiger partial charge in [-0.05, 0) is 25.6 Å². The maximum Gasteiger partial charge on any atom is 0.416 e. The SMILES string of the molecule is CCn1c(CCN)cnc1-c1ccc(C(F)(F)F)cc1. The van der Waals surface area contributed by atoms with Crippen molar-refractivity contribution in [3.05, 3.63) is 41.7 Å². The molecular formula is C14H16F3N3. The third-order valence-corrected chi connectivity index (χ3v) is 3.13. The summed E-state index contributed by atoms with van der Waals surface area (Å²) in [5, 5.41) is 0. The molecule has 0 amide bonds. The van der Waals surface area contributed by atoms with Crippen molar-refractivity contribution in [3.63, 3.8) is 0 Å². The van der Waals surface area contributed by atoms with Crippen molar-refractivity contribution in [3.8, 4) is 11.4 Å². The van der Waals surface area contributed by atoms with Gasteiger partial charge in [-0.25, -0.2) is 4.98 Å². The summed E-state index contributed by atoms with van der Waals surface area (Å²) in [4.78, 5) is 4.29. The Balaban J connectivity index is 2.37. The summed E-state index contributed by atoms with van der Waals surface area (Å²) in [5.41, 5.74) is 6.54. The Kier molecular flexibility index (Phi) is 4.13. The van der Waals surface area contributed by atoms with E-state index in [4.69, 9.17) is 5.73 Å². The number of benzene rings is 1. The zero-order chi connectivity index (χ0) is 14.8. The van der Waals surface area contributed by atoms with Crippen LogP contribution in [0, 0.1) is 0 Å². The molecule has 0 spiro atoms. The molecule has 0 aliphatic rings. The minimum Gasteiger partial charge on any atom is -0.330 e. The fraction of sp³-hybridized carbons (Fsp3) is 0.357. The van der Waals surface area contributed by atoms with Crippen LogP contribution in [0.3, 0.4) is 0 Å². The highest BCUT2D eigenvalue weighted by Gasteiger charge is 2.30. The van der Waals surface area contributed by atoms with E-state index in [1.807, 2.05) is 11.5 Å². The number of alkyl halides is 3. The van der Waals surface area contributed by atoms with E-state index in [0.717, 1.165) is 17.8 Å². The summed E-state index contributed by atoms with van der Waals surface area (Å²) in [7, 11) is 0. The summed E-state index contributed by atoms with van der Waals surface area (Å²) in [6.07, 6.45) is -1.89. The second-order valence-corrected chi connectivity index (χ2v) is 4.43. The minimum absolute atomic E-state index is 0.512. The largest absolute Gasteiger partial charge is 0.416 e. The first-order valence-electron chi connectivity index (χ1n) is 6.39. The third-order valence-electron chi connectivity index (χ3n) is 3.13. The molecule has 0 fully saturated rings. The van der Waals surface area contributed by atoms with Gasteiger partial charge in [-0.3, -0.25) is 0 Å². The van der Waals surface area contributed by atoms with E-state index in [2.05, 4.69) is 4.98 Å². The van der Waals surface area contributed by atoms with Gasteiger partial charge >= 0.3 is 6.18 Å². The van der Waals surface area contributed by atoms with E-state index in [9.17, 15) is 13.2 Å². The number of imidazole rings is 1. The average Bonchev–Trinajstić information content (AvgIpc) is 2.81. The van der Waals surface area contributed by atoms with E-state index in [1.54, 1.807) is 6.20 Å². The van der Waals surface area contributed by atoms with Gasteiger partial charge < -0.3 is 10.3 Å². The predicted octanol–water partition coefficient (Wildman–Crippen LogP) is 3.09. The number of nitrogens with two attached hydrogens (primary N) is 1. The molecule has 2 N–H and O–H groups in total. The normalized spacial score (nSPS) is 11.8. The van der Waals surface area contributed by atoms with Crippen molar-refractivity contribution in [2.75, 3.05) is 6.54 Å². The van der Waals surface area contributed by atoms with Gasteiger partial charge in [0.15, 0.2) is 0 Å². The summed E-state index contributed by atoms with van der Waals surface area (Å²) in [6.45, 7) is 3.18. The number of aromatic nitrogens is 2. The predicted molar refractivity (Wildman–Crippen MR) is 71.1 cm³/mol. The second-order valence-electron chi connectivity index (χ2n) is 4.43. The Hall–Kier alpha value is -1.82. The Morgan fingerprint density at radius 1 is 1.20 bits per heavy atom. The molecule has 0 atom stereocenters. The molecule has 0 unspecified atom stereocenters. The number of nitrogens with zero attached hydrogens (tertiary/aromatic N) is 2. The van der Waals surface area contributed by atoms with Crippen molar-refractivity contribution in [1.29, 1.82) is 0 Å². The lowest BCUT2D eigenvalue weighted by atomic mass is 10.1. The molecule has 0 aliphatic heterocycles. The molecule has 0 radical (unpaired) electrons. The van der Waals surface area contributed by atoms with Gasteiger partial charge in [-0.15, -0.1) is 0 Å². The third kappa shape index (κ3) is 2.85. The first-order valence-corrected chi connectivity index (χ1v) is 6.39. The molecule has 108 valence electrons. The quantitative estimate of drug-likeness (QED) is 0.937. The Morgan fingerprint density at radius 2 is 1.85 bits per heavy atom. The van der Waals surface area contributed by atoms with Gasteiger partial charge in [0.05, 0.1) is 5.56 Å². The number of hydrogen-bond donors (Lipinski definition) is 1. The maximum atomic E-state index is 12.5. The smallest absolute Gasteiger partial charge is 0.330 e. The highest BCUT2D eigenvalue weighted by molar-refractivity contribution is 5.57. The van der Waals surface area contributed by atoms with Crippen LogP contribution >= 0.6 is 0 Å². The molecule has 1 aromatic heterocycles. The lowest BCUT2D eigenvalue weighted by Crippen LogP contribution is -2.09. The van der Waals surface area contributed by atoms with E-state index in [0.29, 0.717) is 30.9 Å². The van der Waals surface area contributed by atoms with Crippen LogP contribution in [0.2, 0.25) is 0 Å². The maximum absolute atomic E-state index is 12.5. The molecule has 1 heterocycles. The second kappa shape index (κ2) is 5.66. The molecule has 1 aromatic carbocycles. The first-order chi connectivity index (χ1) is 9.47. The first kappa shape index (κ1) is 14.6. The molecule has 2 aromatic rings. The number of rotatable bonds is 4. The Bertz CT molecular complexity index is 570. The molecule has 0 bridgehead atoms. The zero-order valence-electron chi connectivity index (χ0n) is 11.1. The van der Waals surface area contributed by atoms with Crippen molar-refractivity contribution in [1.82, 2.24) is 9.55 Å². The van der Waals surface area contributed by atoms with Gasteiger partial charge in [-0.2, -0.15) is 13.2 Å². The molecule has 2 rings (SSSR count). The molecule has 0 saturated heterocycles. The van der Waals surface area contributed by atoms with E-state index < -0.39 is 11.7 Å². The van der Waals surface area contributed by atoms with Crippen molar-refractivity contribution >= 4 is 0 Å². The number of halogens is 3. The van der Waals surface area contributed by atoms with Gasteiger partial charge in [0.25, 0.3) is 0 Å². The fourth-order valence-electron chi connectivity index (χ4n) is 2.15. The monoisotopic (exact) mass is 283 g/mol. The van der Waals surface area contributed by atoms with Crippen molar-refractivity contribution < 1.29 is 13.2 Å². The van der Waals surface area contributed by atoms with Crippen LogP contribution in [0.15, 0.2) is 30.5 Å². The average molecular weight is 283 g/mol. The molecule has 3 nitrogen and oxygen atoms in total. The van der Waals surface area contributed by atoms with Crippen LogP contribution in [0.25, 0.3) is 11.4 Å². The van der Waals surface area contributed by atoms with Gasteiger partial charge in [0.1, 0.15) is 5.82 Å². The molecule has 6 heteroatoms. The summed E-state index contributed by atoms with van der Waals surface area (Å²) < 4.78 is 39.6. The molecule has 0 aliphatic carbocycles. The van der Waals surface area contributed by atoms with Gasteiger partial charge in [0, 0.05) is 30.4 Å².